The van der Waals surface area contributed by atoms with Gasteiger partial charge in [-0.2, -0.15) is 0 Å². The van der Waals surface area contributed by atoms with Gasteiger partial charge in [-0.3, -0.25) is 14.6 Å². The third-order valence-electron chi connectivity index (χ3n) is 4.73. The Balaban J connectivity index is 1.61. The van der Waals surface area contributed by atoms with Crippen LogP contribution in [0.2, 0.25) is 0 Å². The number of anilines is 1. The molecule has 21 heavy (non-hydrogen) atoms. The smallest absolute Gasteiger partial charge is 0.248 e. The van der Waals surface area contributed by atoms with Gasteiger partial charge in [0.05, 0.1) is 0 Å². The second kappa shape index (κ2) is 6.03. The van der Waals surface area contributed by atoms with Crippen molar-refractivity contribution < 1.29 is 4.79 Å². The number of hydrogen-bond acceptors (Lipinski definition) is 4. The van der Waals surface area contributed by atoms with Crippen LogP contribution in [0.25, 0.3) is 0 Å². The van der Waals surface area contributed by atoms with Crippen LogP contribution in [0.1, 0.15) is 35.2 Å². The molecule has 2 aliphatic heterocycles. The van der Waals surface area contributed by atoms with E-state index >= 15 is 0 Å². The highest BCUT2D eigenvalue weighted by molar-refractivity contribution is 5.93. The molecule has 0 radical (unpaired) electrons. The van der Waals surface area contributed by atoms with E-state index in [0.717, 1.165) is 25.2 Å². The number of rotatable bonds is 4. The van der Waals surface area contributed by atoms with Gasteiger partial charge in [-0.1, -0.05) is 6.07 Å². The maximum atomic E-state index is 11.1. The molecule has 0 saturated carbocycles. The van der Waals surface area contributed by atoms with Crippen molar-refractivity contribution in [3.63, 3.8) is 0 Å². The van der Waals surface area contributed by atoms with Crippen molar-refractivity contribution in [1.29, 1.82) is 0 Å². The average Bonchev–Trinajstić information content (AvgIpc) is 3.11. The molecule has 0 aliphatic carbocycles. The number of amides is 1. The first-order valence-electron chi connectivity index (χ1n) is 7.78. The fraction of sp³-hybridized carbons (Fsp3) is 0.562. The van der Waals surface area contributed by atoms with Crippen LogP contribution >= 0.6 is 0 Å². The van der Waals surface area contributed by atoms with Crippen LogP contribution < -0.4 is 11.5 Å². The van der Waals surface area contributed by atoms with E-state index in [0.29, 0.717) is 17.3 Å². The summed E-state index contributed by atoms with van der Waals surface area (Å²) >= 11 is 0. The van der Waals surface area contributed by atoms with E-state index in [1.165, 1.54) is 32.4 Å². The molecule has 5 heteroatoms. The van der Waals surface area contributed by atoms with Crippen molar-refractivity contribution in [3.8, 4) is 0 Å². The van der Waals surface area contributed by atoms with Crippen LogP contribution in [-0.2, 0) is 6.54 Å². The summed E-state index contributed by atoms with van der Waals surface area (Å²) in [6.45, 7) is 5.62. The first-order valence-corrected chi connectivity index (χ1v) is 7.78. The highest BCUT2D eigenvalue weighted by Gasteiger charge is 2.29. The van der Waals surface area contributed by atoms with E-state index in [1.54, 1.807) is 12.1 Å². The zero-order valence-electron chi connectivity index (χ0n) is 12.4. The van der Waals surface area contributed by atoms with Crippen molar-refractivity contribution in [2.45, 2.75) is 31.8 Å². The summed E-state index contributed by atoms with van der Waals surface area (Å²) in [5.74, 6) is -0.427. The molecule has 2 saturated heterocycles. The van der Waals surface area contributed by atoms with Crippen molar-refractivity contribution in [2.24, 2.45) is 5.73 Å². The molecule has 5 nitrogen and oxygen atoms in total. The monoisotopic (exact) mass is 288 g/mol. The third kappa shape index (κ3) is 3.19. The number of nitrogen functional groups attached to an aromatic ring is 1. The molecule has 4 N–H and O–H groups in total. The molecule has 1 aromatic rings. The van der Waals surface area contributed by atoms with E-state index in [1.807, 2.05) is 6.07 Å². The van der Waals surface area contributed by atoms with Gasteiger partial charge < -0.3 is 11.5 Å². The topological polar surface area (TPSA) is 75.6 Å². The van der Waals surface area contributed by atoms with Crippen molar-refractivity contribution in [3.05, 3.63) is 29.3 Å². The number of primary amides is 1. The van der Waals surface area contributed by atoms with E-state index in [2.05, 4.69) is 9.80 Å². The fourth-order valence-corrected chi connectivity index (χ4v) is 3.49. The standard InChI is InChI=1S/C16H24N4O/c17-15-9-12(16(18)21)3-4-13(15)10-19-8-5-14(11-19)20-6-1-2-7-20/h3-4,9,14H,1-2,5-8,10-11,17H2,(H2,18,21). The summed E-state index contributed by atoms with van der Waals surface area (Å²) in [5.41, 5.74) is 13.6. The van der Waals surface area contributed by atoms with Gasteiger partial charge in [-0.25, -0.2) is 0 Å². The highest BCUT2D eigenvalue weighted by atomic mass is 16.1. The largest absolute Gasteiger partial charge is 0.398 e. The van der Waals surface area contributed by atoms with E-state index in [9.17, 15) is 4.79 Å². The van der Waals surface area contributed by atoms with E-state index < -0.39 is 5.91 Å². The predicted octanol–water partition coefficient (Wildman–Crippen LogP) is 1.04. The van der Waals surface area contributed by atoms with Crippen molar-refractivity contribution >= 4 is 11.6 Å². The Morgan fingerprint density at radius 3 is 2.67 bits per heavy atom. The Morgan fingerprint density at radius 1 is 1.24 bits per heavy atom. The maximum Gasteiger partial charge on any atom is 0.248 e. The maximum absolute atomic E-state index is 11.1. The zero-order valence-corrected chi connectivity index (χ0v) is 12.4. The lowest BCUT2D eigenvalue weighted by Crippen LogP contribution is -2.35. The molecular weight excluding hydrogens is 264 g/mol. The number of nitrogens with two attached hydrogens (primary N) is 2. The number of hydrogen-bond donors (Lipinski definition) is 2. The van der Waals surface area contributed by atoms with Crippen LogP contribution in [0.5, 0.6) is 0 Å². The lowest BCUT2D eigenvalue weighted by Gasteiger charge is -2.24. The molecule has 1 atom stereocenters. The van der Waals surface area contributed by atoms with Gasteiger partial charge in [0.1, 0.15) is 0 Å². The number of carbonyl (C=O) groups excluding carboxylic acids is 1. The van der Waals surface area contributed by atoms with E-state index in [-0.39, 0.29) is 0 Å². The SMILES string of the molecule is NC(=O)c1ccc(CN2CCC(N3CCCC3)C2)c(N)c1. The summed E-state index contributed by atoms with van der Waals surface area (Å²) in [5, 5.41) is 0. The summed E-state index contributed by atoms with van der Waals surface area (Å²) in [7, 11) is 0. The molecule has 1 aromatic carbocycles. The molecule has 0 aromatic heterocycles. The molecule has 2 fully saturated rings. The van der Waals surface area contributed by atoms with Gasteiger partial charge in [0.25, 0.3) is 0 Å². The number of likely N-dealkylation sites (tertiary alicyclic amines) is 2. The third-order valence-corrected chi connectivity index (χ3v) is 4.73. The summed E-state index contributed by atoms with van der Waals surface area (Å²) in [4.78, 5) is 16.2. The number of carbonyl (C=O) groups is 1. The van der Waals surface area contributed by atoms with Crippen LogP contribution in [-0.4, -0.2) is 47.9 Å². The highest BCUT2D eigenvalue weighted by Crippen LogP contribution is 2.23. The van der Waals surface area contributed by atoms with Crippen LogP contribution in [0, 0.1) is 0 Å². The van der Waals surface area contributed by atoms with Gasteiger partial charge in [-0.15, -0.1) is 0 Å². The zero-order chi connectivity index (χ0) is 14.8. The van der Waals surface area contributed by atoms with Crippen molar-refractivity contribution in [1.82, 2.24) is 9.80 Å². The molecule has 114 valence electrons. The molecule has 2 heterocycles. The van der Waals surface area contributed by atoms with Crippen LogP contribution in [0.4, 0.5) is 5.69 Å². The Hall–Kier alpha value is -1.59. The lowest BCUT2D eigenvalue weighted by molar-refractivity contribution is 0.100. The molecule has 3 rings (SSSR count). The van der Waals surface area contributed by atoms with Gasteiger partial charge in [0.15, 0.2) is 0 Å². The van der Waals surface area contributed by atoms with Crippen LogP contribution in [0.3, 0.4) is 0 Å². The van der Waals surface area contributed by atoms with Gasteiger partial charge >= 0.3 is 0 Å². The average molecular weight is 288 g/mol. The Morgan fingerprint density at radius 2 is 2.00 bits per heavy atom. The Labute approximate surface area is 125 Å². The normalized spacial score (nSPS) is 23.7. The second-order valence-electron chi connectivity index (χ2n) is 6.20. The van der Waals surface area contributed by atoms with Gasteiger partial charge in [0.2, 0.25) is 5.91 Å². The summed E-state index contributed by atoms with van der Waals surface area (Å²) in [6.07, 6.45) is 3.94. The molecule has 1 unspecified atom stereocenters. The molecular formula is C16H24N4O. The summed E-state index contributed by atoms with van der Waals surface area (Å²) in [6, 6.07) is 6.09. The quantitative estimate of drug-likeness (QED) is 0.812. The lowest BCUT2D eigenvalue weighted by atomic mass is 10.1. The van der Waals surface area contributed by atoms with Crippen molar-refractivity contribution in [2.75, 3.05) is 31.9 Å². The Kier molecular flexibility index (Phi) is 4.12. The first-order chi connectivity index (χ1) is 10.1. The predicted molar refractivity (Wildman–Crippen MR) is 83.9 cm³/mol. The Bertz CT molecular complexity index is 525. The minimum atomic E-state index is -0.427. The minimum absolute atomic E-state index is 0.427. The molecule has 0 spiro atoms. The molecule has 1 amide bonds. The van der Waals surface area contributed by atoms with Gasteiger partial charge in [-0.05, 0) is 50.0 Å². The fourth-order valence-electron chi connectivity index (χ4n) is 3.49. The first kappa shape index (κ1) is 14.4. The van der Waals surface area contributed by atoms with Crippen LogP contribution in [0.15, 0.2) is 18.2 Å². The second-order valence-corrected chi connectivity index (χ2v) is 6.20. The minimum Gasteiger partial charge on any atom is -0.398 e. The number of nitrogens with zero attached hydrogens (tertiary/aromatic N) is 2. The van der Waals surface area contributed by atoms with E-state index in [4.69, 9.17) is 11.5 Å². The molecule has 2 aliphatic rings. The van der Waals surface area contributed by atoms with Gasteiger partial charge in [0, 0.05) is 36.9 Å². The summed E-state index contributed by atoms with van der Waals surface area (Å²) < 4.78 is 0. The molecule has 0 bridgehead atoms. The number of benzene rings is 1.